The fourth-order valence-electron chi connectivity index (χ4n) is 3.51. The number of aromatic hydroxyl groups is 1. The molecule has 0 saturated carbocycles. The number of nitrogens with zero attached hydrogens (tertiary/aromatic N) is 2. The number of phenols is 1. The minimum Gasteiger partial charge on any atom is -0.507 e. The SMILES string of the molecule is Cc1ccc(N(CC(=O)N/N=C\c2c(O)ccc3ccccc23)S(=O)(=O)c2ccc(Cl)cc2)cc1. The molecule has 178 valence electrons. The molecule has 0 saturated heterocycles. The third-order valence-corrected chi connectivity index (χ3v) is 7.38. The van der Waals surface area contributed by atoms with Crippen molar-refractivity contribution >= 4 is 50.2 Å². The standard InChI is InChI=1S/C26H22ClN3O4S/c1-18-6-11-21(12-7-18)30(35(33,34)22-13-9-20(27)10-14-22)17-26(32)29-28-16-24-23-5-3-2-4-19(23)8-15-25(24)31/h2-16,31H,17H2,1H3,(H,29,32)/b28-16-. The highest BCUT2D eigenvalue weighted by Crippen LogP contribution is 2.26. The van der Waals surface area contributed by atoms with Crippen molar-refractivity contribution in [2.75, 3.05) is 10.8 Å². The molecule has 0 aliphatic carbocycles. The number of nitrogens with one attached hydrogen (secondary N) is 1. The van der Waals surface area contributed by atoms with Crippen molar-refractivity contribution in [2.45, 2.75) is 11.8 Å². The minimum absolute atomic E-state index is 0.000506. The van der Waals surface area contributed by atoms with Crippen LogP contribution in [0.2, 0.25) is 5.02 Å². The maximum absolute atomic E-state index is 13.4. The molecule has 4 aromatic rings. The van der Waals surface area contributed by atoms with Gasteiger partial charge in [-0.1, -0.05) is 59.6 Å². The van der Waals surface area contributed by atoms with Gasteiger partial charge in [-0.25, -0.2) is 13.8 Å². The van der Waals surface area contributed by atoms with Crippen LogP contribution in [0.5, 0.6) is 5.75 Å². The quantitative estimate of drug-likeness (QED) is 0.276. The molecule has 2 N–H and O–H groups in total. The van der Waals surface area contributed by atoms with Gasteiger partial charge in [0.1, 0.15) is 12.3 Å². The monoisotopic (exact) mass is 507 g/mol. The molecule has 0 aliphatic heterocycles. The van der Waals surface area contributed by atoms with Crippen LogP contribution in [-0.4, -0.2) is 32.2 Å². The minimum atomic E-state index is -4.07. The molecule has 0 aromatic heterocycles. The van der Waals surface area contributed by atoms with Crippen LogP contribution in [0.4, 0.5) is 5.69 Å². The molecule has 1 amide bonds. The van der Waals surface area contributed by atoms with Crippen LogP contribution in [0, 0.1) is 6.92 Å². The second-order valence-electron chi connectivity index (χ2n) is 7.81. The Morgan fingerprint density at radius 3 is 2.40 bits per heavy atom. The molecule has 0 bridgehead atoms. The second kappa shape index (κ2) is 10.2. The molecule has 0 heterocycles. The third kappa shape index (κ3) is 5.45. The van der Waals surface area contributed by atoms with E-state index < -0.39 is 22.5 Å². The van der Waals surface area contributed by atoms with Crippen LogP contribution in [0.1, 0.15) is 11.1 Å². The van der Waals surface area contributed by atoms with Gasteiger partial charge in [-0.3, -0.25) is 9.10 Å². The van der Waals surface area contributed by atoms with Gasteiger partial charge in [-0.05, 0) is 60.2 Å². The van der Waals surface area contributed by atoms with E-state index in [4.69, 9.17) is 11.6 Å². The summed E-state index contributed by atoms with van der Waals surface area (Å²) in [4.78, 5) is 12.7. The van der Waals surface area contributed by atoms with E-state index in [2.05, 4.69) is 10.5 Å². The van der Waals surface area contributed by atoms with Crippen molar-refractivity contribution in [1.29, 1.82) is 0 Å². The number of rotatable bonds is 7. The van der Waals surface area contributed by atoms with Crippen molar-refractivity contribution in [3.8, 4) is 5.75 Å². The topological polar surface area (TPSA) is 99.1 Å². The highest BCUT2D eigenvalue weighted by molar-refractivity contribution is 7.92. The van der Waals surface area contributed by atoms with Gasteiger partial charge < -0.3 is 5.11 Å². The Morgan fingerprint density at radius 2 is 1.69 bits per heavy atom. The number of amides is 1. The largest absolute Gasteiger partial charge is 0.507 e. The first kappa shape index (κ1) is 24.3. The summed E-state index contributed by atoms with van der Waals surface area (Å²) in [5.41, 5.74) is 4.07. The zero-order chi connectivity index (χ0) is 25.0. The molecule has 0 spiro atoms. The van der Waals surface area contributed by atoms with Gasteiger partial charge in [0.15, 0.2) is 0 Å². The molecule has 4 aromatic carbocycles. The number of hydrogen-bond donors (Lipinski definition) is 2. The van der Waals surface area contributed by atoms with Crippen molar-refractivity contribution in [3.63, 3.8) is 0 Å². The van der Waals surface area contributed by atoms with Gasteiger partial charge in [0, 0.05) is 10.6 Å². The van der Waals surface area contributed by atoms with E-state index in [-0.39, 0.29) is 10.6 Å². The van der Waals surface area contributed by atoms with Crippen LogP contribution in [0.25, 0.3) is 10.8 Å². The van der Waals surface area contributed by atoms with Crippen LogP contribution >= 0.6 is 11.6 Å². The third-order valence-electron chi connectivity index (χ3n) is 5.34. The number of aryl methyl sites for hydroxylation is 1. The summed E-state index contributed by atoms with van der Waals surface area (Å²) in [7, 11) is -4.07. The van der Waals surface area contributed by atoms with E-state index >= 15 is 0 Å². The molecule has 35 heavy (non-hydrogen) atoms. The van der Waals surface area contributed by atoms with Crippen LogP contribution < -0.4 is 9.73 Å². The van der Waals surface area contributed by atoms with E-state index in [9.17, 15) is 18.3 Å². The van der Waals surface area contributed by atoms with Crippen molar-refractivity contribution < 1.29 is 18.3 Å². The smallest absolute Gasteiger partial charge is 0.264 e. The summed E-state index contributed by atoms with van der Waals surface area (Å²) < 4.78 is 27.8. The molecular formula is C26H22ClN3O4S. The molecule has 9 heteroatoms. The lowest BCUT2D eigenvalue weighted by molar-refractivity contribution is -0.119. The van der Waals surface area contributed by atoms with Crippen LogP contribution in [-0.2, 0) is 14.8 Å². The number of anilines is 1. The fourth-order valence-corrected chi connectivity index (χ4v) is 5.06. The first-order valence-electron chi connectivity index (χ1n) is 10.6. The van der Waals surface area contributed by atoms with Crippen LogP contribution in [0.3, 0.4) is 0 Å². The normalized spacial score (nSPS) is 11.6. The summed E-state index contributed by atoms with van der Waals surface area (Å²) in [6, 6.07) is 23.3. The highest BCUT2D eigenvalue weighted by Gasteiger charge is 2.27. The van der Waals surface area contributed by atoms with Gasteiger partial charge in [-0.15, -0.1) is 0 Å². The lowest BCUT2D eigenvalue weighted by Gasteiger charge is -2.23. The number of phenolic OH excluding ortho intramolecular Hbond substituents is 1. The first-order chi connectivity index (χ1) is 16.8. The Bertz CT molecular complexity index is 1500. The van der Waals surface area contributed by atoms with Gasteiger partial charge in [0.05, 0.1) is 16.8 Å². The summed E-state index contributed by atoms with van der Waals surface area (Å²) >= 11 is 5.91. The average Bonchev–Trinajstić information content (AvgIpc) is 2.85. The second-order valence-corrected chi connectivity index (χ2v) is 10.1. The molecule has 0 unspecified atom stereocenters. The van der Waals surface area contributed by atoms with E-state index in [1.807, 2.05) is 31.2 Å². The lowest BCUT2D eigenvalue weighted by Crippen LogP contribution is -2.39. The number of hydrazone groups is 1. The number of fused-ring (bicyclic) bond motifs is 1. The molecule has 7 nitrogen and oxygen atoms in total. The zero-order valence-electron chi connectivity index (χ0n) is 18.7. The van der Waals surface area contributed by atoms with E-state index in [1.54, 1.807) is 36.4 Å². The molecule has 4 rings (SSSR count). The average molecular weight is 508 g/mol. The van der Waals surface area contributed by atoms with Gasteiger partial charge in [0.2, 0.25) is 0 Å². The maximum Gasteiger partial charge on any atom is 0.264 e. The Balaban J connectivity index is 1.59. The van der Waals surface area contributed by atoms with Gasteiger partial charge in [-0.2, -0.15) is 5.10 Å². The fraction of sp³-hybridized carbons (Fsp3) is 0.0769. The Morgan fingerprint density at radius 1 is 1.00 bits per heavy atom. The summed E-state index contributed by atoms with van der Waals surface area (Å²) in [6.07, 6.45) is 1.33. The Labute approximate surface area is 208 Å². The predicted molar refractivity (Wildman–Crippen MR) is 139 cm³/mol. The maximum atomic E-state index is 13.4. The number of halogens is 1. The van der Waals surface area contributed by atoms with Crippen molar-refractivity contribution in [1.82, 2.24) is 5.43 Å². The summed E-state index contributed by atoms with van der Waals surface area (Å²) in [5, 5.41) is 16.3. The number of carbonyl (C=O) groups excluding carboxylic acids is 1. The summed E-state index contributed by atoms with van der Waals surface area (Å²) in [6.45, 7) is 1.37. The number of sulfonamides is 1. The van der Waals surface area contributed by atoms with Crippen LogP contribution in [0.15, 0.2) is 94.9 Å². The number of hydrogen-bond acceptors (Lipinski definition) is 5. The zero-order valence-corrected chi connectivity index (χ0v) is 20.3. The van der Waals surface area contributed by atoms with Crippen molar-refractivity contribution in [2.24, 2.45) is 5.10 Å². The van der Waals surface area contributed by atoms with E-state index in [0.717, 1.165) is 20.6 Å². The highest BCUT2D eigenvalue weighted by atomic mass is 35.5. The van der Waals surface area contributed by atoms with E-state index in [0.29, 0.717) is 16.3 Å². The summed E-state index contributed by atoms with van der Waals surface area (Å²) in [5.74, 6) is -0.646. The van der Waals surface area contributed by atoms with E-state index in [1.165, 1.54) is 30.5 Å². The van der Waals surface area contributed by atoms with Crippen molar-refractivity contribution in [3.05, 3.63) is 101 Å². The van der Waals surface area contributed by atoms with Gasteiger partial charge >= 0.3 is 0 Å². The Kier molecular flexibility index (Phi) is 7.04. The molecule has 0 atom stereocenters. The molecular weight excluding hydrogens is 486 g/mol. The lowest BCUT2D eigenvalue weighted by atomic mass is 10.0. The first-order valence-corrected chi connectivity index (χ1v) is 12.4. The number of carbonyl (C=O) groups is 1. The molecule has 0 radical (unpaired) electrons. The Hall–Kier alpha value is -3.88. The van der Waals surface area contributed by atoms with Gasteiger partial charge in [0.25, 0.3) is 15.9 Å². The predicted octanol–water partition coefficient (Wildman–Crippen LogP) is 4.85. The number of benzene rings is 4. The molecule has 0 aliphatic rings. The molecule has 0 fully saturated rings.